The quantitative estimate of drug-likeness (QED) is 0.735. The van der Waals surface area contributed by atoms with Gasteiger partial charge in [-0.3, -0.25) is 0 Å². The minimum atomic E-state index is -0.485. The van der Waals surface area contributed by atoms with Crippen molar-refractivity contribution in [1.82, 2.24) is 5.32 Å². The number of carbonyl (C=O) groups is 1. The number of rotatable bonds is 5. The van der Waals surface area contributed by atoms with E-state index >= 15 is 0 Å². The third kappa shape index (κ3) is 4.18. The molecule has 0 spiro atoms. The Morgan fingerprint density at radius 1 is 1.44 bits per heavy atom. The third-order valence-electron chi connectivity index (χ3n) is 1.90. The predicted molar refractivity (Wildman–Crippen MR) is 60.7 cm³/mol. The minimum Gasteiger partial charge on any atom is -0.497 e. The van der Waals surface area contributed by atoms with Gasteiger partial charge < -0.3 is 20.5 Å². The number of methoxy groups -OCH3 is 1. The van der Waals surface area contributed by atoms with Gasteiger partial charge in [-0.2, -0.15) is 0 Å². The number of carbonyl (C=O) groups excluding carboxylic acids is 1. The maximum atomic E-state index is 11.3. The molecule has 0 aliphatic carbocycles. The van der Waals surface area contributed by atoms with E-state index in [9.17, 15) is 4.79 Å². The van der Waals surface area contributed by atoms with Gasteiger partial charge in [-0.1, -0.05) is 6.07 Å². The Morgan fingerprint density at radius 2 is 2.19 bits per heavy atom. The second-order valence-corrected chi connectivity index (χ2v) is 3.14. The fourth-order valence-corrected chi connectivity index (χ4v) is 1.10. The number of hydrogen-bond donors (Lipinski definition) is 2. The van der Waals surface area contributed by atoms with Crippen LogP contribution in [0, 0.1) is 0 Å². The van der Waals surface area contributed by atoms with E-state index in [4.69, 9.17) is 15.2 Å². The van der Waals surface area contributed by atoms with Gasteiger partial charge in [-0.05, 0) is 25.1 Å². The summed E-state index contributed by atoms with van der Waals surface area (Å²) < 4.78 is 10.0. The molecule has 88 valence electrons. The minimum absolute atomic E-state index is 0.449. The first-order valence-corrected chi connectivity index (χ1v) is 5.06. The van der Waals surface area contributed by atoms with Crippen molar-refractivity contribution in [2.75, 3.05) is 20.2 Å². The maximum Gasteiger partial charge on any atom is 0.412 e. The highest BCUT2D eigenvalue weighted by atomic mass is 16.6. The van der Waals surface area contributed by atoms with Crippen LogP contribution in [0.1, 0.15) is 6.42 Å². The zero-order valence-electron chi connectivity index (χ0n) is 9.23. The number of ether oxygens (including phenoxy) is 2. The molecule has 0 fully saturated rings. The molecule has 5 nitrogen and oxygen atoms in total. The van der Waals surface area contributed by atoms with Gasteiger partial charge in [0.05, 0.1) is 7.11 Å². The zero-order valence-corrected chi connectivity index (χ0v) is 9.23. The highest BCUT2D eigenvalue weighted by molar-refractivity contribution is 5.70. The summed E-state index contributed by atoms with van der Waals surface area (Å²) in [5.41, 5.74) is 5.30. The molecular weight excluding hydrogens is 208 g/mol. The van der Waals surface area contributed by atoms with Gasteiger partial charge in [0.15, 0.2) is 0 Å². The second-order valence-electron chi connectivity index (χ2n) is 3.14. The largest absolute Gasteiger partial charge is 0.497 e. The van der Waals surface area contributed by atoms with Crippen molar-refractivity contribution < 1.29 is 14.3 Å². The molecule has 0 saturated carbocycles. The van der Waals surface area contributed by atoms with Crippen LogP contribution in [0.25, 0.3) is 0 Å². The first kappa shape index (κ1) is 12.3. The van der Waals surface area contributed by atoms with E-state index in [1.54, 1.807) is 31.4 Å². The topological polar surface area (TPSA) is 73.6 Å². The summed E-state index contributed by atoms with van der Waals surface area (Å²) in [5, 5.41) is 2.59. The summed E-state index contributed by atoms with van der Waals surface area (Å²) >= 11 is 0. The molecule has 1 aromatic rings. The molecule has 0 aliphatic rings. The van der Waals surface area contributed by atoms with Crippen molar-refractivity contribution in [2.24, 2.45) is 5.73 Å². The second kappa shape index (κ2) is 6.68. The standard InChI is InChI=1S/C11H16N2O3/c1-15-9-4-2-5-10(8-9)16-11(14)13-7-3-6-12/h2,4-5,8H,3,6-7,12H2,1H3,(H,13,14). The molecule has 0 bridgehead atoms. The molecule has 5 heteroatoms. The summed E-state index contributed by atoms with van der Waals surface area (Å²) in [7, 11) is 1.56. The summed E-state index contributed by atoms with van der Waals surface area (Å²) in [4.78, 5) is 11.3. The fraction of sp³-hybridized carbons (Fsp3) is 0.364. The van der Waals surface area contributed by atoms with Gasteiger partial charge in [0.25, 0.3) is 0 Å². The molecule has 0 saturated heterocycles. The Bertz CT molecular complexity index is 342. The number of amides is 1. The van der Waals surface area contributed by atoms with Crippen molar-refractivity contribution in [1.29, 1.82) is 0 Å². The van der Waals surface area contributed by atoms with Crippen LogP contribution >= 0.6 is 0 Å². The molecule has 1 amide bonds. The molecule has 0 aromatic heterocycles. The molecular formula is C11H16N2O3. The Kier molecular flexibility index (Phi) is 5.15. The zero-order chi connectivity index (χ0) is 11.8. The van der Waals surface area contributed by atoms with E-state index in [0.29, 0.717) is 24.6 Å². The lowest BCUT2D eigenvalue weighted by atomic mass is 10.3. The summed E-state index contributed by atoms with van der Waals surface area (Å²) in [6.45, 7) is 1.05. The summed E-state index contributed by atoms with van der Waals surface area (Å²) in [5.74, 6) is 1.09. The first-order valence-electron chi connectivity index (χ1n) is 5.06. The molecule has 16 heavy (non-hydrogen) atoms. The molecule has 0 unspecified atom stereocenters. The molecule has 0 radical (unpaired) electrons. The summed E-state index contributed by atoms with van der Waals surface area (Å²) in [6, 6.07) is 6.86. The van der Waals surface area contributed by atoms with Crippen LogP contribution in [0.3, 0.4) is 0 Å². The number of benzene rings is 1. The van der Waals surface area contributed by atoms with Crippen molar-refractivity contribution >= 4 is 6.09 Å². The SMILES string of the molecule is COc1cccc(OC(=O)NCCCN)c1. The van der Waals surface area contributed by atoms with Crippen molar-refractivity contribution in [3.05, 3.63) is 24.3 Å². The summed E-state index contributed by atoms with van der Waals surface area (Å²) in [6.07, 6.45) is 0.245. The van der Waals surface area contributed by atoms with Crippen LogP contribution < -0.4 is 20.5 Å². The van der Waals surface area contributed by atoms with Crippen LogP contribution in [0.15, 0.2) is 24.3 Å². The fourth-order valence-electron chi connectivity index (χ4n) is 1.10. The Balaban J connectivity index is 2.43. The van der Waals surface area contributed by atoms with E-state index in [-0.39, 0.29) is 0 Å². The monoisotopic (exact) mass is 224 g/mol. The molecule has 0 heterocycles. The van der Waals surface area contributed by atoms with E-state index in [0.717, 1.165) is 6.42 Å². The van der Waals surface area contributed by atoms with Crippen LogP contribution in [-0.4, -0.2) is 26.3 Å². The first-order chi connectivity index (χ1) is 7.76. The van der Waals surface area contributed by atoms with Crippen LogP contribution in [0.4, 0.5) is 4.79 Å². The normalized spacial score (nSPS) is 9.62. The van der Waals surface area contributed by atoms with Crippen molar-refractivity contribution in [3.8, 4) is 11.5 Å². The van der Waals surface area contributed by atoms with E-state index in [1.165, 1.54) is 0 Å². The molecule has 3 N–H and O–H groups in total. The maximum absolute atomic E-state index is 11.3. The lowest BCUT2D eigenvalue weighted by Gasteiger charge is -2.07. The van der Waals surface area contributed by atoms with Gasteiger partial charge in [0, 0.05) is 12.6 Å². The molecule has 0 aliphatic heterocycles. The van der Waals surface area contributed by atoms with Crippen LogP contribution in [-0.2, 0) is 0 Å². The lowest BCUT2D eigenvalue weighted by Crippen LogP contribution is -2.28. The lowest BCUT2D eigenvalue weighted by molar-refractivity contribution is 0.200. The third-order valence-corrected chi connectivity index (χ3v) is 1.90. The predicted octanol–water partition coefficient (Wildman–Crippen LogP) is 1.13. The average molecular weight is 224 g/mol. The average Bonchev–Trinajstić information content (AvgIpc) is 2.29. The number of nitrogens with two attached hydrogens (primary N) is 1. The van der Waals surface area contributed by atoms with Crippen LogP contribution in [0.2, 0.25) is 0 Å². The smallest absolute Gasteiger partial charge is 0.412 e. The van der Waals surface area contributed by atoms with E-state index in [1.807, 2.05) is 0 Å². The molecule has 1 aromatic carbocycles. The van der Waals surface area contributed by atoms with Crippen molar-refractivity contribution in [3.63, 3.8) is 0 Å². The molecule has 0 atom stereocenters. The van der Waals surface area contributed by atoms with Gasteiger partial charge >= 0.3 is 6.09 Å². The highest BCUT2D eigenvalue weighted by Crippen LogP contribution is 2.18. The van der Waals surface area contributed by atoms with E-state index in [2.05, 4.69) is 5.32 Å². The van der Waals surface area contributed by atoms with Gasteiger partial charge in [0.2, 0.25) is 0 Å². The molecule has 1 rings (SSSR count). The highest BCUT2D eigenvalue weighted by Gasteiger charge is 2.03. The van der Waals surface area contributed by atoms with Gasteiger partial charge in [0.1, 0.15) is 11.5 Å². The van der Waals surface area contributed by atoms with Crippen LogP contribution in [0.5, 0.6) is 11.5 Å². The van der Waals surface area contributed by atoms with Crippen molar-refractivity contribution in [2.45, 2.75) is 6.42 Å². The Labute approximate surface area is 94.5 Å². The Morgan fingerprint density at radius 3 is 2.88 bits per heavy atom. The van der Waals surface area contributed by atoms with E-state index < -0.39 is 6.09 Å². The van der Waals surface area contributed by atoms with Gasteiger partial charge in [-0.25, -0.2) is 4.79 Å². The Hall–Kier alpha value is -1.75. The number of nitrogens with one attached hydrogen (secondary N) is 1. The van der Waals surface area contributed by atoms with Gasteiger partial charge in [-0.15, -0.1) is 0 Å². The number of hydrogen-bond acceptors (Lipinski definition) is 4.